The summed E-state index contributed by atoms with van der Waals surface area (Å²) in [6.45, 7) is 3.14. The first-order valence-corrected chi connectivity index (χ1v) is 13.2. The summed E-state index contributed by atoms with van der Waals surface area (Å²) in [6, 6.07) is 11.0. The summed E-state index contributed by atoms with van der Waals surface area (Å²) >= 11 is 1.77. The van der Waals surface area contributed by atoms with Gasteiger partial charge in [-0.05, 0) is 72.5 Å². The number of thiophene rings is 1. The van der Waals surface area contributed by atoms with Crippen LogP contribution in [0.2, 0.25) is 0 Å². The Morgan fingerprint density at radius 3 is 2.44 bits per heavy atom. The second-order valence-corrected chi connectivity index (χ2v) is 10.6. The number of hydrogen-bond donors (Lipinski definition) is 2. The van der Waals surface area contributed by atoms with Crippen LogP contribution in [-0.2, 0) is 16.1 Å². The largest absolute Gasteiger partial charge is 0.490 e. The van der Waals surface area contributed by atoms with Crippen LogP contribution in [0.1, 0.15) is 62.0 Å². The Morgan fingerprint density at radius 1 is 1.17 bits per heavy atom. The van der Waals surface area contributed by atoms with Crippen LogP contribution in [0.4, 0.5) is 13.2 Å². The summed E-state index contributed by atoms with van der Waals surface area (Å²) in [5.41, 5.74) is 2.50. The van der Waals surface area contributed by atoms with Gasteiger partial charge in [0.25, 0.3) is 0 Å². The molecule has 0 radical (unpaired) electrons. The first kappa shape index (κ1) is 26.5. The van der Waals surface area contributed by atoms with Gasteiger partial charge in [-0.15, -0.1) is 0 Å². The standard InChI is InChI=1S/C24H30N2O2S.C2HF3O2/c27-23(25-20-4-3-5-20)14-19-15-24(28-22-7-2-1-6-21(19)22)9-11-26(12-10-24)16-18-8-13-29-17-18;3-2(4,5)1(6)7/h1-2,6-8,13,17,19-20H,3-5,9-12,14-16H2,(H,25,27);(H,6,7). The van der Waals surface area contributed by atoms with Gasteiger partial charge in [0.15, 0.2) is 0 Å². The number of carboxylic acids is 1. The van der Waals surface area contributed by atoms with Gasteiger partial charge in [0, 0.05) is 38.0 Å². The van der Waals surface area contributed by atoms with E-state index in [1.54, 1.807) is 11.3 Å². The van der Waals surface area contributed by atoms with Crippen LogP contribution >= 0.6 is 11.3 Å². The van der Waals surface area contributed by atoms with E-state index in [0.29, 0.717) is 12.5 Å². The summed E-state index contributed by atoms with van der Waals surface area (Å²) in [5, 5.41) is 14.8. The maximum Gasteiger partial charge on any atom is 0.490 e. The number of nitrogens with one attached hydrogen (secondary N) is 1. The lowest BCUT2D eigenvalue weighted by Gasteiger charge is -2.47. The predicted molar refractivity (Wildman–Crippen MR) is 130 cm³/mol. The summed E-state index contributed by atoms with van der Waals surface area (Å²) < 4.78 is 38.3. The van der Waals surface area contributed by atoms with Crippen molar-refractivity contribution in [1.29, 1.82) is 0 Å². The van der Waals surface area contributed by atoms with Crippen molar-refractivity contribution in [2.24, 2.45) is 0 Å². The van der Waals surface area contributed by atoms with Crippen molar-refractivity contribution in [2.45, 2.75) is 75.2 Å². The molecule has 1 saturated carbocycles. The smallest absolute Gasteiger partial charge is 0.487 e. The van der Waals surface area contributed by atoms with Crippen molar-refractivity contribution in [3.8, 4) is 5.75 Å². The third-order valence-corrected chi connectivity index (χ3v) is 7.93. The van der Waals surface area contributed by atoms with Crippen LogP contribution in [-0.4, -0.2) is 52.8 Å². The van der Waals surface area contributed by atoms with E-state index in [-0.39, 0.29) is 17.4 Å². The molecule has 1 aliphatic carbocycles. The van der Waals surface area contributed by atoms with Crippen LogP contribution in [0.15, 0.2) is 41.1 Å². The number of fused-ring (bicyclic) bond motifs is 1. The van der Waals surface area contributed by atoms with E-state index >= 15 is 0 Å². The fourth-order valence-electron chi connectivity index (χ4n) is 5.06. The quantitative estimate of drug-likeness (QED) is 0.552. The SMILES string of the molecule is O=C(CC1CC2(CCN(Cc3ccsc3)CC2)Oc2ccccc21)NC1CCC1.O=C(O)C(F)(F)F. The summed E-state index contributed by atoms with van der Waals surface area (Å²) in [5.74, 6) is -1.30. The molecule has 1 atom stereocenters. The molecule has 1 saturated heterocycles. The van der Waals surface area contributed by atoms with Gasteiger partial charge in [0.2, 0.25) is 5.91 Å². The molecule has 2 aromatic rings. The van der Waals surface area contributed by atoms with Crippen LogP contribution < -0.4 is 10.1 Å². The van der Waals surface area contributed by atoms with E-state index in [9.17, 15) is 18.0 Å². The number of carbonyl (C=O) groups is 2. The molecular weight excluding hydrogens is 493 g/mol. The van der Waals surface area contributed by atoms with Crippen molar-refractivity contribution in [1.82, 2.24) is 10.2 Å². The Morgan fingerprint density at radius 2 is 1.86 bits per heavy atom. The second kappa shape index (κ2) is 11.2. The Labute approximate surface area is 212 Å². The van der Waals surface area contributed by atoms with Crippen molar-refractivity contribution >= 4 is 23.2 Å². The highest BCUT2D eigenvalue weighted by Gasteiger charge is 2.43. The monoisotopic (exact) mass is 524 g/mol. The minimum Gasteiger partial charge on any atom is -0.487 e. The average Bonchev–Trinajstić information content (AvgIpc) is 3.31. The molecule has 1 unspecified atom stereocenters. The van der Waals surface area contributed by atoms with E-state index in [4.69, 9.17) is 14.6 Å². The zero-order valence-corrected chi connectivity index (χ0v) is 20.7. The molecule has 10 heteroatoms. The number of nitrogens with zero attached hydrogens (tertiary/aromatic N) is 1. The zero-order valence-electron chi connectivity index (χ0n) is 19.9. The van der Waals surface area contributed by atoms with Crippen LogP contribution in [0.5, 0.6) is 5.75 Å². The molecule has 3 heterocycles. The molecule has 6 nitrogen and oxygen atoms in total. The molecule has 1 aromatic carbocycles. The second-order valence-electron chi connectivity index (χ2n) is 9.83. The topological polar surface area (TPSA) is 78.9 Å². The summed E-state index contributed by atoms with van der Waals surface area (Å²) in [7, 11) is 0. The van der Waals surface area contributed by atoms with Gasteiger partial charge in [-0.3, -0.25) is 9.69 Å². The van der Waals surface area contributed by atoms with Crippen LogP contribution in [0.3, 0.4) is 0 Å². The lowest BCUT2D eigenvalue weighted by Crippen LogP contribution is -2.50. The van der Waals surface area contributed by atoms with Gasteiger partial charge in [0.1, 0.15) is 11.4 Å². The third-order valence-electron chi connectivity index (χ3n) is 7.20. The van der Waals surface area contributed by atoms with Gasteiger partial charge in [0.05, 0.1) is 0 Å². The molecule has 2 fully saturated rings. The van der Waals surface area contributed by atoms with Gasteiger partial charge in [-0.1, -0.05) is 18.2 Å². The third kappa shape index (κ3) is 6.79. The number of benzene rings is 1. The molecule has 2 N–H and O–H groups in total. The highest BCUT2D eigenvalue weighted by molar-refractivity contribution is 7.07. The number of piperidine rings is 1. The van der Waals surface area contributed by atoms with E-state index in [2.05, 4.69) is 51.3 Å². The Kier molecular flexibility index (Phi) is 8.24. The summed E-state index contributed by atoms with van der Waals surface area (Å²) in [6.07, 6.45) is 2.04. The predicted octanol–water partition coefficient (Wildman–Crippen LogP) is 5.34. The van der Waals surface area contributed by atoms with Crippen molar-refractivity contribution in [2.75, 3.05) is 13.1 Å². The molecule has 196 valence electrons. The maximum atomic E-state index is 12.7. The zero-order chi connectivity index (χ0) is 25.8. The molecule has 0 bridgehead atoms. The number of likely N-dealkylation sites (tertiary alicyclic amines) is 1. The minimum absolute atomic E-state index is 0.124. The fraction of sp³-hybridized carbons (Fsp3) is 0.538. The number of carbonyl (C=O) groups excluding carboxylic acids is 1. The van der Waals surface area contributed by atoms with Crippen LogP contribution in [0.25, 0.3) is 0 Å². The highest BCUT2D eigenvalue weighted by atomic mass is 32.1. The van der Waals surface area contributed by atoms with E-state index < -0.39 is 12.1 Å². The van der Waals surface area contributed by atoms with E-state index in [1.165, 1.54) is 17.5 Å². The average molecular weight is 525 g/mol. The van der Waals surface area contributed by atoms with E-state index in [1.807, 2.05) is 0 Å². The number of aliphatic carboxylic acids is 1. The molecule has 3 aliphatic rings. The lowest BCUT2D eigenvalue weighted by atomic mass is 9.76. The first-order valence-electron chi connectivity index (χ1n) is 12.2. The first-order chi connectivity index (χ1) is 17.1. The molecule has 1 amide bonds. The van der Waals surface area contributed by atoms with Gasteiger partial charge in [-0.2, -0.15) is 24.5 Å². The highest BCUT2D eigenvalue weighted by Crippen LogP contribution is 2.46. The normalized spacial score (nSPS) is 21.4. The number of halogens is 3. The fourth-order valence-corrected chi connectivity index (χ4v) is 5.72. The minimum atomic E-state index is -5.08. The Bertz CT molecular complexity index is 1030. The van der Waals surface area contributed by atoms with Gasteiger partial charge >= 0.3 is 12.1 Å². The lowest BCUT2D eigenvalue weighted by molar-refractivity contribution is -0.192. The van der Waals surface area contributed by atoms with E-state index in [0.717, 1.165) is 57.5 Å². The number of ether oxygens (including phenoxy) is 1. The Hall–Kier alpha value is -2.59. The van der Waals surface area contributed by atoms with Gasteiger partial charge in [-0.25, -0.2) is 4.79 Å². The molecule has 36 heavy (non-hydrogen) atoms. The molecule has 2 aliphatic heterocycles. The Balaban J connectivity index is 0.000000384. The molecule has 1 aromatic heterocycles. The number of para-hydroxylation sites is 1. The summed E-state index contributed by atoms with van der Waals surface area (Å²) in [4.78, 5) is 24.1. The maximum absolute atomic E-state index is 12.7. The molecule has 1 spiro atoms. The number of amides is 1. The number of carboxylic acid groups (broad SMARTS) is 1. The van der Waals surface area contributed by atoms with Crippen molar-refractivity contribution < 1.29 is 32.6 Å². The molecular formula is C26H31F3N2O4S. The number of hydrogen-bond acceptors (Lipinski definition) is 5. The number of alkyl halides is 3. The van der Waals surface area contributed by atoms with Crippen molar-refractivity contribution in [3.05, 3.63) is 52.2 Å². The number of rotatable bonds is 5. The van der Waals surface area contributed by atoms with Crippen molar-refractivity contribution in [3.63, 3.8) is 0 Å². The van der Waals surface area contributed by atoms with Gasteiger partial charge < -0.3 is 15.2 Å². The molecule has 5 rings (SSSR count). The van der Waals surface area contributed by atoms with Crippen LogP contribution in [0, 0.1) is 0 Å².